The van der Waals surface area contributed by atoms with Gasteiger partial charge in [-0.3, -0.25) is 0 Å². The SMILES string of the molecule is Cc1nc(-c2c(F)cccc2Cl)nn1-c1ccccc1C(F)(F)F. The molecule has 0 aliphatic carbocycles. The highest BCUT2D eigenvalue weighted by atomic mass is 35.5. The Kier molecular flexibility index (Phi) is 4.04. The highest BCUT2D eigenvalue weighted by Gasteiger charge is 2.34. The number of benzene rings is 2. The lowest BCUT2D eigenvalue weighted by Gasteiger charge is -2.12. The van der Waals surface area contributed by atoms with Crippen LogP contribution in [0.4, 0.5) is 17.6 Å². The largest absolute Gasteiger partial charge is 0.418 e. The van der Waals surface area contributed by atoms with Gasteiger partial charge in [0.2, 0.25) is 0 Å². The van der Waals surface area contributed by atoms with Gasteiger partial charge in [-0.15, -0.1) is 5.10 Å². The van der Waals surface area contributed by atoms with Gasteiger partial charge in [0.05, 0.1) is 21.8 Å². The molecule has 3 rings (SSSR count). The molecule has 0 fully saturated rings. The van der Waals surface area contributed by atoms with Crippen LogP contribution >= 0.6 is 11.6 Å². The predicted octanol–water partition coefficient (Wildman–Crippen LogP) is 5.05. The van der Waals surface area contributed by atoms with E-state index in [4.69, 9.17) is 11.6 Å². The Morgan fingerprint density at radius 2 is 1.75 bits per heavy atom. The van der Waals surface area contributed by atoms with Gasteiger partial charge in [0, 0.05) is 0 Å². The highest BCUT2D eigenvalue weighted by molar-refractivity contribution is 6.33. The second-order valence-corrected chi connectivity index (χ2v) is 5.41. The van der Waals surface area contributed by atoms with Gasteiger partial charge < -0.3 is 0 Å². The molecule has 0 amide bonds. The van der Waals surface area contributed by atoms with E-state index in [1.165, 1.54) is 43.3 Å². The first-order valence-electron chi connectivity index (χ1n) is 6.83. The molecule has 3 nitrogen and oxygen atoms in total. The van der Waals surface area contributed by atoms with Crippen molar-refractivity contribution in [2.24, 2.45) is 0 Å². The van der Waals surface area contributed by atoms with Crippen molar-refractivity contribution < 1.29 is 17.6 Å². The number of alkyl halides is 3. The molecule has 0 saturated heterocycles. The molecule has 1 aromatic heterocycles. The lowest BCUT2D eigenvalue weighted by Crippen LogP contribution is -2.12. The maximum atomic E-state index is 14.0. The van der Waals surface area contributed by atoms with E-state index in [0.29, 0.717) is 0 Å². The van der Waals surface area contributed by atoms with E-state index in [1.807, 2.05) is 0 Å². The summed E-state index contributed by atoms with van der Waals surface area (Å²) in [6.45, 7) is 1.48. The molecular formula is C16H10ClF4N3. The van der Waals surface area contributed by atoms with Gasteiger partial charge in [-0.1, -0.05) is 29.8 Å². The van der Waals surface area contributed by atoms with Gasteiger partial charge >= 0.3 is 6.18 Å². The van der Waals surface area contributed by atoms with Crippen LogP contribution in [-0.4, -0.2) is 14.8 Å². The topological polar surface area (TPSA) is 30.7 Å². The average Bonchev–Trinajstić information content (AvgIpc) is 2.87. The van der Waals surface area contributed by atoms with Crippen LogP contribution < -0.4 is 0 Å². The number of halogens is 5. The molecule has 0 aliphatic heterocycles. The normalized spacial score (nSPS) is 11.8. The van der Waals surface area contributed by atoms with Gasteiger partial charge in [-0.05, 0) is 31.2 Å². The van der Waals surface area contributed by atoms with E-state index < -0.39 is 17.6 Å². The van der Waals surface area contributed by atoms with E-state index >= 15 is 0 Å². The summed E-state index contributed by atoms with van der Waals surface area (Å²) < 4.78 is 54.6. The van der Waals surface area contributed by atoms with Crippen molar-refractivity contribution in [3.63, 3.8) is 0 Å². The summed E-state index contributed by atoms with van der Waals surface area (Å²) in [7, 11) is 0. The predicted molar refractivity (Wildman–Crippen MR) is 81.5 cm³/mol. The highest BCUT2D eigenvalue weighted by Crippen LogP contribution is 2.35. The minimum Gasteiger partial charge on any atom is -0.217 e. The van der Waals surface area contributed by atoms with Gasteiger partial charge in [-0.25, -0.2) is 14.1 Å². The Balaban J connectivity index is 2.19. The maximum Gasteiger partial charge on any atom is 0.418 e. The summed E-state index contributed by atoms with van der Waals surface area (Å²) in [6, 6.07) is 9.03. The molecule has 0 bridgehead atoms. The molecule has 2 aromatic carbocycles. The molecule has 1 heterocycles. The molecule has 0 unspecified atom stereocenters. The first-order valence-corrected chi connectivity index (χ1v) is 7.21. The first-order chi connectivity index (χ1) is 11.3. The Morgan fingerprint density at radius 1 is 1.04 bits per heavy atom. The van der Waals surface area contributed by atoms with Crippen LogP contribution in [0.1, 0.15) is 11.4 Å². The average molecular weight is 356 g/mol. The Labute approximate surface area is 139 Å². The molecule has 0 atom stereocenters. The standard InChI is InChI=1S/C16H10ClF4N3/c1-9-22-15(14-11(17)6-4-7-12(14)18)23-24(9)13-8-3-2-5-10(13)16(19,20)21/h2-8H,1H3. The summed E-state index contributed by atoms with van der Waals surface area (Å²) >= 11 is 5.97. The van der Waals surface area contributed by atoms with Crippen molar-refractivity contribution >= 4 is 11.6 Å². The third-order valence-electron chi connectivity index (χ3n) is 3.39. The van der Waals surface area contributed by atoms with Crippen LogP contribution in [0, 0.1) is 12.7 Å². The van der Waals surface area contributed by atoms with Crippen LogP contribution in [0.5, 0.6) is 0 Å². The van der Waals surface area contributed by atoms with Crippen LogP contribution in [-0.2, 0) is 6.18 Å². The molecule has 124 valence electrons. The monoisotopic (exact) mass is 355 g/mol. The van der Waals surface area contributed by atoms with E-state index in [1.54, 1.807) is 0 Å². The van der Waals surface area contributed by atoms with Crippen molar-refractivity contribution in [2.75, 3.05) is 0 Å². The zero-order chi connectivity index (χ0) is 17.5. The Morgan fingerprint density at radius 3 is 2.42 bits per heavy atom. The van der Waals surface area contributed by atoms with Crippen molar-refractivity contribution in [1.82, 2.24) is 14.8 Å². The quantitative estimate of drug-likeness (QED) is 0.602. The lowest BCUT2D eigenvalue weighted by atomic mass is 10.1. The number of aromatic nitrogens is 3. The van der Waals surface area contributed by atoms with Crippen LogP contribution in [0.2, 0.25) is 5.02 Å². The molecule has 24 heavy (non-hydrogen) atoms. The number of hydrogen-bond donors (Lipinski definition) is 0. The van der Waals surface area contributed by atoms with E-state index in [-0.39, 0.29) is 27.9 Å². The molecule has 0 saturated carbocycles. The van der Waals surface area contributed by atoms with Crippen LogP contribution in [0.3, 0.4) is 0 Å². The molecule has 0 aliphatic rings. The second kappa shape index (κ2) is 5.90. The fourth-order valence-corrected chi connectivity index (χ4v) is 2.58. The molecule has 8 heteroatoms. The molecule has 3 aromatic rings. The van der Waals surface area contributed by atoms with E-state index in [0.717, 1.165) is 10.7 Å². The summed E-state index contributed by atoms with van der Waals surface area (Å²) in [4.78, 5) is 4.06. The van der Waals surface area contributed by atoms with Crippen molar-refractivity contribution in [3.05, 3.63) is 64.7 Å². The minimum absolute atomic E-state index is 0.0505. The molecule has 0 N–H and O–H groups in total. The van der Waals surface area contributed by atoms with Crippen LogP contribution in [0.15, 0.2) is 42.5 Å². The summed E-state index contributed by atoms with van der Waals surface area (Å²) in [5, 5.41) is 4.11. The van der Waals surface area contributed by atoms with E-state index in [9.17, 15) is 17.6 Å². The zero-order valence-electron chi connectivity index (χ0n) is 12.3. The molecule has 0 radical (unpaired) electrons. The second-order valence-electron chi connectivity index (χ2n) is 5.01. The van der Waals surface area contributed by atoms with Crippen LogP contribution in [0.25, 0.3) is 17.1 Å². The van der Waals surface area contributed by atoms with E-state index in [2.05, 4.69) is 10.1 Å². The number of nitrogens with zero attached hydrogens (tertiary/aromatic N) is 3. The third kappa shape index (κ3) is 2.87. The number of aryl methyl sites for hydroxylation is 1. The Hall–Kier alpha value is -2.41. The smallest absolute Gasteiger partial charge is 0.217 e. The first kappa shape index (κ1) is 16.4. The lowest BCUT2D eigenvalue weighted by molar-refractivity contribution is -0.137. The zero-order valence-corrected chi connectivity index (χ0v) is 13.0. The fraction of sp³-hybridized carbons (Fsp3) is 0.125. The minimum atomic E-state index is -4.55. The third-order valence-corrected chi connectivity index (χ3v) is 3.71. The van der Waals surface area contributed by atoms with Crippen molar-refractivity contribution in [3.8, 4) is 17.1 Å². The van der Waals surface area contributed by atoms with Gasteiger partial charge in [-0.2, -0.15) is 13.2 Å². The maximum absolute atomic E-state index is 14.0. The van der Waals surface area contributed by atoms with Gasteiger partial charge in [0.25, 0.3) is 0 Å². The molecular weight excluding hydrogens is 346 g/mol. The Bertz CT molecular complexity index is 882. The fourth-order valence-electron chi connectivity index (χ4n) is 2.33. The molecule has 0 spiro atoms. The summed E-state index contributed by atoms with van der Waals surface area (Å²) in [5.74, 6) is -0.544. The summed E-state index contributed by atoms with van der Waals surface area (Å²) in [5.41, 5.74) is -1.09. The van der Waals surface area contributed by atoms with Gasteiger partial charge in [0.1, 0.15) is 11.6 Å². The number of hydrogen-bond acceptors (Lipinski definition) is 2. The van der Waals surface area contributed by atoms with Crippen molar-refractivity contribution in [1.29, 1.82) is 0 Å². The number of rotatable bonds is 2. The van der Waals surface area contributed by atoms with Crippen molar-refractivity contribution in [2.45, 2.75) is 13.1 Å². The summed E-state index contributed by atoms with van der Waals surface area (Å²) in [6.07, 6.45) is -4.55. The number of para-hydroxylation sites is 1. The van der Waals surface area contributed by atoms with Gasteiger partial charge in [0.15, 0.2) is 5.82 Å².